The molecule has 0 heterocycles. The molecule has 2 N–H and O–H groups in total. The van der Waals surface area contributed by atoms with Gasteiger partial charge < -0.3 is 15.4 Å². The summed E-state index contributed by atoms with van der Waals surface area (Å²) >= 11 is 3.26. The summed E-state index contributed by atoms with van der Waals surface area (Å²) in [5, 5.41) is 5.30. The van der Waals surface area contributed by atoms with Gasteiger partial charge in [-0.05, 0) is 42.5 Å². The van der Waals surface area contributed by atoms with Crippen molar-refractivity contribution in [3.63, 3.8) is 0 Å². The lowest BCUT2D eigenvalue weighted by molar-refractivity contribution is -0.118. The molecule has 0 aliphatic carbocycles. The summed E-state index contributed by atoms with van der Waals surface area (Å²) in [5.41, 5.74) is 1.57. The first-order chi connectivity index (χ1) is 11.5. The Morgan fingerprint density at radius 1 is 1.08 bits per heavy atom. The zero-order valence-electron chi connectivity index (χ0n) is 12.8. The fourth-order valence-electron chi connectivity index (χ4n) is 1.92. The number of anilines is 2. The molecule has 6 nitrogen and oxygen atoms in total. The van der Waals surface area contributed by atoms with Gasteiger partial charge in [0.15, 0.2) is 12.9 Å². The van der Waals surface area contributed by atoms with Crippen molar-refractivity contribution in [1.29, 1.82) is 0 Å². The molecule has 0 saturated heterocycles. The maximum Gasteiger partial charge on any atom is 0.262 e. The highest BCUT2D eigenvalue weighted by Gasteiger charge is 2.08. The fourth-order valence-corrected chi connectivity index (χ4v) is 2.30. The predicted octanol–water partition coefficient (Wildman–Crippen LogP) is 3.24. The van der Waals surface area contributed by atoms with Crippen LogP contribution < -0.4 is 15.4 Å². The van der Waals surface area contributed by atoms with E-state index in [1.165, 1.54) is 6.92 Å². The van der Waals surface area contributed by atoms with Crippen molar-refractivity contribution in [3.05, 3.63) is 52.5 Å². The van der Waals surface area contributed by atoms with E-state index >= 15 is 0 Å². The van der Waals surface area contributed by atoms with Crippen LogP contribution in [0, 0.1) is 0 Å². The number of carbonyl (C=O) groups is 3. The summed E-state index contributed by atoms with van der Waals surface area (Å²) in [6.07, 6.45) is 0.665. The summed E-state index contributed by atoms with van der Waals surface area (Å²) < 4.78 is 6.12. The predicted molar refractivity (Wildman–Crippen MR) is 94.4 cm³/mol. The molecule has 0 saturated carbocycles. The minimum absolute atomic E-state index is 0.166. The standard InChI is InChI=1S/C17H15BrN2O4/c1-11(22)19-14-3-5-15(6-4-14)20-17(23)10-24-16-7-2-13(18)8-12(16)9-21/h2-9H,10H2,1H3,(H,19,22)(H,20,23). The number of carbonyl (C=O) groups excluding carboxylic acids is 3. The zero-order chi connectivity index (χ0) is 17.5. The lowest BCUT2D eigenvalue weighted by atomic mass is 10.2. The molecular formula is C17H15BrN2O4. The molecule has 2 aromatic rings. The number of ether oxygens (including phenoxy) is 1. The quantitative estimate of drug-likeness (QED) is 0.741. The van der Waals surface area contributed by atoms with Crippen LogP contribution in [0.4, 0.5) is 11.4 Å². The fraction of sp³-hybridized carbons (Fsp3) is 0.118. The molecule has 24 heavy (non-hydrogen) atoms. The summed E-state index contributed by atoms with van der Waals surface area (Å²) in [4.78, 5) is 33.8. The topological polar surface area (TPSA) is 84.5 Å². The van der Waals surface area contributed by atoms with E-state index in [-0.39, 0.29) is 18.4 Å². The number of hydrogen-bond donors (Lipinski definition) is 2. The summed E-state index contributed by atoms with van der Waals surface area (Å²) in [6, 6.07) is 11.6. The Morgan fingerprint density at radius 3 is 2.29 bits per heavy atom. The van der Waals surface area contributed by atoms with Crippen LogP contribution in [0.3, 0.4) is 0 Å². The van der Waals surface area contributed by atoms with E-state index in [1.807, 2.05) is 0 Å². The van der Waals surface area contributed by atoms with Crippen LogP contribution in [-0.2, 0) is 9.59 Å². The van der Waals surface area contributed by atoms with E-state index in [4.69, 9.17) is 4.74 Å². The summed E-state index contributed by atoms with van der Waals surface area (Å²) in [5.74, 6) is -0.188. The molecule has 2 amide bonds. The molecule has 0 aliphatic heterocycles. The first-order valence-corrected chi connectivity index (χ1v) is 7.82. The molecule has 0 bridgehead atoms. The highest BCUT2D eigenvalue weighted by Crippen LogP contribution is 2.21. The van der Waals surface area contributed by atoms with Crippen LogP contribution in [0.15, 0.2) is 46.9 Å². The first-order valence-electron chi connectivity index (χ1n) is 7.03. The van der Waals surface area contributed by atoms with Crippen LogP contribution in [0.2, 0.25) is 0 Å². The van der Waals surface area contributed by atoms with Crippen molar-refractivity contribution in [2.45, 2.75) is 6.92 Å². The van der Waals surface area contributed by atoms with Crippen molar-refractivity contribution in [2.24, 2.45) is 0 Å². The number of amides is 2. The number of rotatable bonds is 6. The van der Waals surface area contributed by atoms with Gasteiger partial charge in [-0.25, -0.2) is 0 Å². The molecule has 0 aliphatic rings. The van der Waals surface area contributed by atoms with Gasteiger partial charge in [-0.3, -0.25) is 14.4 Å². The Kier molecular flexibility index (Phi) is 6.08. The van der Waals surface area contributed by atoms with Gasteiger partial charge >= 0.3 is 0 Å². The van der Waals surface area contributed by atoms with Crippen LogP contribution >= 0.6 is 15.9 Å². The van der Waals surface area contributed by atoms with Crippen LogP contribution in [0.25, 0.3) is 0 Å². The van der Waals surface area contributed by atoms with E-state index in [0.717, 1.165) is 4.47 Å². The van der Waals surface area contributed by atoms with Crippen molar-refractivity contribution >= 4 is 45.4 Å². The Labute approximate surface area is 147 Å². The van der Waals surface area contributed by atoms with E-state index in [9.17, 15) is 14.4 Å². The largest absolute Gasteiger partial charge is 0.483 e. The number of nitrogens with one attached hydrogen (secondary N) is 2. The third-order valence-corrected chi connectivity index (χ3v) is 3.44. The highest BCUT2D eigenvalue weighted by atomic mass is 79.9. The van der Waals surface area contributed by atoms with Crippen molar-refractivity contribution < 1.29 is 19.1 Å². The molecule has 0 aromatic heterocycles. The summed E-state index contributed by atoms with van der Waals surface area (Å²) in [7, 11) is 0. The number of hydrogen-bond acceptors (Lipinski definition) is 4. The van der Waals surface area contributed by atoms with Gasteiger partial charge in [0.05, 0.1) is 5.56 Å². The monoisotopic (exact) mass is 390 g/mol. The van der Waals surface area contributed by atoms with Gasteiger partial charge in [0.2, 0.25) is 5.91 Å². The minimum Gasteiger partial charge on any atom is -0.483 e. The van der Waals surface area contributed by atoms with Crippen molar-refractivity contribution in [3.8, 4) is 5.75 Å². The number of halogens is 1. The molecule has 2 rings (SSSR count). The van der Waals surface area contributed by atoms with Gasteiger partial charge in [0.1, 0.15) is 5.75 Å². The van der Waals surface area contributed by atoms with Crippen molar-refractivity contribution in [1.82, 2.24) is 0 Å². The highest BCUT2D eigenvalue weighted by molar-refractivity contribution is 9.10. The SMILES string of the molecule is CC(=O)Nc1ccc(NC(=O)COc2ccc(Br)cc2C=O)cc1. The minimum atomic E-state index is -0.359. The third-order valence-electron chi connectivity index (χ3n) is 2.95. The maximum absolute atomic E-state index is 11.9. The second-order valence-corrected chi connectivity index (χ2v) is 5.81. The van der Waals surface area contributed by atoms with Gasteiger partial charge in [-0.2, -0.15) is 0 Å². The molecule has 124 valence electrons. The molecule has 7 heteroatoms. The normalized spacial score (nSPS) is 9.92. The lowest BCUT2D eigenvalue weighted by Gasteiger charge is -2.10. The van der Waals surface area contributed by atoms with Crippen LogP contribution in [0.1, 0.15) is 17.3 Å². The smallest absolute Gasteiger partial charge is 0.262 e. The van der Waals surface area contributed by atoms with E-state index < -0.39 is 0 Å². The van der Waals surface area contributed by atoms with E-state index in [1.54, 1.807) is 42.5 Å². The molecule has 0 atom stereocenters. The van der Waals surface area contributed by atoms with Crippen LogP contribution in [-0.4, -0.2) is 24.7 Å². The molecule has 0 spiro atoms. The zero-order valence-corrected chi connectivity index (χ0v) is 14.4. The second-order valence-electron chi connectivity index (χ2n) is 4.90. The van der Waals surface area contributed by atoms with Crippen LogP contribution in [0.5, 0.6) is 5.75 Å². The van der Waals surface area contributed by atoms with Gasteiger partial charge in [0.25, 0.3) is 5.91 Å². The van der Waals surface area contributed by atoms with Gasteiger partial charge in [-0.15, -0.1) is 0 Å². The Balaban J connectivity index is 1.91. The lowest BCUT2D eigenvalue weighted by Crippen LogP contribution is -2.20. The Bertz CT molecular complexity index is 760. The number of aldehydes is 1. The van der Waals surface area contributed by atoms with E-state index in [0.29, 0.717) is 29.0 Å². The van der Waals surface area contributed by atoms with Gasteiger partial charge in [-0.1, -0.05) is 15.9 Å². The third kappa shape index (κ3) is 5.20. The molecule has 0 fully saturated rings. The van der Waals surface area contributed by atoms with Gasteiger partial charge in [0, 0.05) is 22.8 Å². The first kappa shape index (κ1) is 17.7. The Morgan fingerprint density at radius 2 is 1.71 bits per heavy atom. The molecular weight excluding hydrogens is 376 g/mol. The number of benzene rings is 2. The maximum atomic E-state index is 11.9. The van der Waals surface area contributed by atoms with E-state index in [2.05, 4.69) is 26.6 Å². The average Bonchev–Trinajstić information content (AvgIpc) is 2.55. The Hall–Kier alpha value is -2.67. The average molecular weight is 391 g/mol. The molecule has 2 aromatic carbocycles. The second kappa shape index (κ2) is 8.26. The molecule has 0 unspecified atom stereocenters. The molecule has 0 radical (unpaired) electrons. The van der Waals surface area contributed by atoms with Crippen molar-refractivity contribution in [2.75, 3.05) is 17.2 Å². The summed E-state index contributed by atoms with van der Waals surface area (Å²) in [6.45, 7) is 1.19.